The summed E-state index contributed by atoms with van der Waals surface area (Å²) < 4.78 is 0. The Kier molecular flexibility index (Phi) is 7.48. The molecule has 3 aromatic carbocycles. The number of aliphatic hydroxyl groups is 1. The van der Waals surface area contributed by atoms with Crippen molar-refractivity contribution in [1.82, 2.24) is 10.6 Å². The van der Waals surface area contributed by atoms with Crippen molar-refractivity contribution in [1.29, 1.82) is 0 Å². The van der Waals surface area contributed by atoms with Crippen molar-refractivity contribution in [3.05, 3.63) is 77.9 Å². The van der Waals surface area contributed by atoms with Gasteiger partial charge in [-0.1, -0.05) is 54.6 Å². The van der Waals surface area contributed by atoms with E-state index >= 15 is 0 Å². The summed E-state index contributed by atoms with van der Waals surface area (Å²) in [5, 5.41) is 19.4. The lowest BCUT2D eigenvalue weighted by atomic mass is 10.0. The highest BCUT2D eigenvalue weighted by Gasteiger charge is 2.13. The van der Waals surface area contributed by atoms with Gasteiger partial charge in [-0.25, -0.2) is 0 Å². The topological polar surface area (TPSA) is 90.5 Å². The molecule has 0 heterocycles. The second-order valence-corrected chi connectivity index (χ2v) is 7.10. The number of aliphatic hydroxyl groups excluding tert-OH is 1. The molecule has 6 nitrogen and oxygen atoms in total. The van der Waals surface area contributed by atoms with E-state index in [1.54, 1.807) is 24.3 Å². The molecule has 30 heavy (non-hydrogen) atoms. The smallest absolute Gasteiger partial charge is 0.253 e. The van der Waals surface area contributed by atoms with Crippen LogP contribution in [0, 0.1) is 0 Å². The first-order chi connectivity index (χ1) is 14.6. The number of amides is 2. The highest BCUT2D eigenvalue weighted by atomic mass is 32.1. The van der Waals surface area contributed by atoms with Crippen LogP contribution in [0.15, 0.2) is 66.7 Å². The maximum absolute atomic E-state index is 12.5. The summed E-state index contributed by atoms with van der Waals surface area (Å²) in [6.07, 6.45) is 0.663. The molecule has 0 aliphatic carbocycles. The van der Waals surface area contributed by atoms with Crippen molar-refractivity contribution in [2.24, 2.45) is 0 Å². The minimum atomic E-state index is -0.281. The fourth-order valence-corrected chi connectivity index (χ4v) is 3.33. The van der Waals surface area contributed by atoms with Crippen LogP contribution >= 0.6 is 12.2 Å². The van der Waals surface area contributed by atoms with Crippen LogP contribution in [-0.2, 0) is 11.2 Å². The Hall–Kier alpha value is -3.29. The molecule has 0 atom stereocenters. The molecule has 0 aliphatic rings. The molecular formula is C23H23N3O3S. The van der Waals surface area contributed by atoms with Gasteiger partial charge < -0.3 is 21.1 Å². The number of hydrogen-bond donors (Lipinski definition) is 4. The number of anilines is 1. The fourth-order valence-electron chi connectivity index (χ4n) is 3.11. The van der Waals surface area contributed by atoms with E-state index < -0.39 is 0 Å². The van der Waals surface area contributed by atoms with Gasteiger partial charge in [0.2, 0.25) is 5.91 Å². The molecule has 3 aromatic rings. The number of rotatable bonds is 7. The molecule has 0 saturated heterocycles. The van der Waals surface area contributed by atoms with Crippen LogP contribution in [-0.4, -0.2) is 35.2 Å². The van der Waals surface area contributed by atoms with Gasteiger partial charge >= 0.3 is 0 Å². The van der Waals surface area contributed by atoms with Crippen LogP contribution in [0.3, 0.4) is 0 Å². The fraction of sp³-hybridized carbons (Fsp3) is 0.174. The maximum Gasteiger partial charge on any atom is 0.253 e. The Balaban J connectivity index is 1.63. The summed E-state index contributed by atoms with van der Waals surface area (Å²) in [6, 6.07) is 20.6. The Morgan fingerprint density at radius 1 is 0.933 bits per heavy atom. The molecule has 0 radical (unpaired) electrons. The van der Waals surface area contributed by atoms with Gasteiger partial charge in [0.05, 0.1) is 17.7 Å². The Morgan fingerprint density at radius 3 is 2.50 bits per heavy atom. The van der Waals surface area contributed by atoms with Crippen LogP contribution in [0.2, 0.25) is 0 Å². The first-order valence-electron chi connectivity index (χ1n) is 9.64. The van der Waals surface area contributed by atoms with Gasteiger partial charge in [-0.2, -0.15) is 0 Å². The second kappa shape index (κ2) is 10.5. The third kappa shape index (κ3) is 5.62. The van der Waals surface area contributed by atoms with E-state index in [1.165, 1.54) is 0 Å². The molecule has 0 aromatic heterocycles. The van der Waals surface area contributed by atoms with Gasteiger partial charge in [-0.3, -0.25) is 9.59 Å². The van der Waals surface area contributed by atoms with Crippen LogP contribution in [0.4, 0.5) is 5.69 Å². The molecule has 0 spiro atoms. The van der Waals surface area contributed by atoms with Crippen molar-refractivity contribution in [2.75, 3.05) is 18.5 Å². The molecule has 7 heteroatoms. The Bertz CT molecular complexity index is 1060. The van der Waals surface area contributed by atoms with Gasteiger partial charge in [-0.15, -0.1) is 0 Å². The lowest BCUT2D eigenvalue weighted by molar-refractivity contribution is -0.119. The van der Waals surface area contributed by atoms with Crippen molar-refractivity contribution in [3.8, 4) is 0 Å². The number of para-hydroxylation sites is 1. The summed E-state index contributed by atoms with van der Waals surface area (Å²) in [6.45, 7) is 0.378. The van der Waals surface area contributed by atoms with Crippen LogP contribution in [0.25, 0.3) is 10.8 Å². The summed E-state index contributed by atoms with van der Waals surface area (Å²) in [7, 11) is 0. The number of thiocarbonyl (C=S) groups is 1. The van der Waals surface area contributed by atoms with Crippen molar-refractivity contribution in [2.45, 2.75) is 12.8 Å². The van der Waals surface area contributed by atoms with E-state index in [0.717, 1.165) is 16.3 Å². The number of hydrogen-bond acceptors (Lipinski definition) is 4. The average Bonchev–Trinajstić information content (AvgIpc) is 2.74. The number of nitrogens with one attached hydrogen (secondary N) is 3. The summed E-state index contributed by atoms with van der Waals surface area (Å²) >= 11 is 5.27. The standard InChI is InChI=1S/C23H23N3O3S/c27-14-6-13-24-22(29)19-11-3-4-12-20(19)25-23(30)26-21(28)15-17-9-5-8-16-7-1-2-10-18(16)17/h1-5,7-12,27H,6,13-15H2,(H,24,29)(H2,25,26,28,30). The van der Waals surface area contributed by atoms with E-state index in [9.17, 15) is 9.59 Å². The predicted octanol–water partition coefficient (Wildman–Crippen LogP) is 3.01. The number of carbonyl (C=O) groups excluding carboxylic acids is 2. The molecule has 0 unspecified atom stereocenters. The van der Waals surface area contributed by atoms with Crippen LogP contribution in [0.1, 0.15) is 22.3 Å². The molecule has 2 amide bonds. The SMILES string of the molecule is O=C(Cc1cccc2ccccc12)NC(=S)Nc1ccccc1C(=O)NCCCO. The monoisotopic (exact) mass is 421 g/mol. The first-order valence-corrected chi connectivity index (χ1v) is 10.0. The molecule has 154 valence electrons. The zero-order valence-corrected chi connectivity index (χ0v) is 17.2. The molecule has 0 aliphatic heterocycles. The van der Waals surface area contributed by atoms with E-state index in [-0.39, 0.29) is 30.0 Å². The number of benzene rings is 3. The third-order valence-corrected chi connectivity index (χ3v) is 4.73. The van der Waals surface area contributed by atoms with Gasteiger partial charge in [0.15, 0.2) is 5.11 Å². The van der Waals surface area contributed by atoms with Gasteiger partial charge in [0.25, 0.3) is 5.91 Å². The maximum atomic E-state index is 12.5. The van der Waals surface area contributed by atoms with E-state index in [0.29, 0.717) is 24.2 Å². The van der Waals surface area contributed by atoms with E-state index in [4.69, 9.17) is 17.3 Å². The van der Waals surface area contributed by atoms with Crippen LogP contribution < -0.4 is 16.0 Å². The van der Waals surface area contributed by atoms with Crippen molar-refractivity contribution < 1.29 is 14.7 Å². The molecule has 0 bridgehead atoms. The Labute approximate surface area is 180 Å². The largest absolute Gasteiger partial charge is 0.396 e. The quantitative estimate of drug-likeness (QED) is 0.348. The normalized spacial score (nSPS) is 10.4. The molecule has 3 rings (SSSR count). The second-order valence-electron chi connectivity index (χ2n) is 6.70. The summed E-state index contributed by atoms with van der Waals surface area (Å²) in [4.78, 5) is 24.9. The van der Waals surface area contributed by atoms with E-state index in [1.807, 2.05) is 42.5 Å². The molecule has 0 fully saturated rings. The third-order valence-electron chi connectivity index (χ3n) is 4.52. The summed E-state index contributed by atoms with van der Waals surface area (Å²) in [5.41, 5.74) is 1.81. The lowest BCUT2D eigenvalue weighted by Gasteiger charge is -2.14. The highest BCUT2D eigenvalue weighted by Crippen LogP contribution is 2.19. The van der Waals surface area contributed by atoms with Crippen molar-refractivity contribution in [3.63, 3.8) is 0 Å². The van der Waals surface area contributed by atoms with Crippen LogP contribution in [0.5, 0.6) is 0 Å². The van der Waals surface area contributed by atoms with Gasteiger partial charge in [0, 0.05) is 13.2 Å². The number of fused-ring (bicyclic) bond motifs is 1. The molecular weight excluding hydrogens is 398 g/mol. The summed E-state index contributed by atoms with van der Waals surface area (Å²) in [5.74, 6) is -0.523. The highest BCUT2D eigenvalue weighted by molar-refractivity contribution is 7.80. The predicted molar refractivity (Wildman–Crippen MR) is 122 cm³/mol. The van der Waals surface area contributed by atoms with Crippen molar-refractivity contribution >= 4 is 45.6 Å². The lowest BCUT2D eigenvalue weighted by Crippen LogP contribution is -2.36. The number of carbonyl (C=O) groups is 2. The van der Waals surface area contributed by atoms with E-state index in [2.05, 4.69) is 16.0 Å². The minimum absolute atomic E-state index is 0.00694. The zero-order valence-electron chi connectivity index (χ0n) is 16.4. The minimum Gasteiger partial charge on any atom is -0.396 e. The molecule has 0 saturated carbocycles. The average molecular weight is 422 g/mol. The van der Waals surface area contributed by atoms with Gasteiger partial charge in [0.1, 0.15) is 0 Å². The van der Waals surface area contributed by atoms with Gasteiger partial charge in [-0.05, 0) is 47.1 Å². The Morgan fingerprint density at radius 2 is 1.67 bits per heavy atom. The molecule has 4 N–H and O–H groups in total. The first kappa shape index (κ1) is 21.4. The zero-order chi connectivity index (χ0) is 21.3.